The van der Waals surface area contributed by atoms with Gasteiger partial charge in [0.15, 0.2) is 0 Å². The number of hydrogen-bond acceptors (Lipinski definition) is 3. The summed E-state index contributed by atoms with van der Waals surface area (Å²) in [7, 11) is 0. The molecule has 1 aliphatic heterocycles. The van der Waals surface area contributed by atoms with E-state index >= 15 is 0 Å². The number of para-hydroxylation sites is 2. The minimum Gasteiger partial charge on any atom is -0.342 e. The molecule has 1 saturated heterocycles. The second kappa shape index (κ2) is 9.90. The maximum atomic E-state index is 13.9. The van der Waals surface area contributed by atoms with Crippen LogP contribution >= 0.6 is 0 Å². The molecule has 0 saturated carbocycles. The Bertz CT molecular complexity index is 1800. The summed E-state index contributed by atoms with van der Waals surface area (Å²) in [5.41, 5.74) is 2.93. The molecule has 2 heterocycles. The molecule has 0 atom stereocenters. The number of carbonyl (C=O) groups excluding carboxylic acids is 3. The predicted octanol–water partition coefficient (Wildman–Crippen LogP) is 5.51. The quantitative estimate of drug-likeness (QED) is 0.230. The second-order valence-corrected chi connectivity index (χ2v) is 9.28. The Kier molecular flexibility index (Phi) is 6.13. The van der Waals surface area contributed by atoms with Gasteiger partial charge in [-0.2, -0.15) is 0 Å². The van der Waals surface area contributed by atoms with Crippen LogP contribution in [0.3, 0.4) is 0 Å². The molecular formula is C31H23FN4O3. The van der Waals surface area contributed by atoms with E-state index in [1.807, 2.05) is 48.7 Å². The van der Waals surface area contributed by atoms with Crippen molar-refractivity contribution in [1.82, 2.24) is 14.8 Å². The van der Waals surface area contributed by atoms with Crippen molar-refractivity contribution in [2.45, 2.75) is 6.54 Å². The van der Waals surface area contributed by atoms with Crippen molar-refractivity contribution in [2.24, 2.45) is 0 Å². The van der Waals surface area contributed by atoms with Crippen molar-refractivity contribution in [3.05, 3.63) is 120 Å². The van der Waals surface area contributed by atoms with E-state index in [-0.39, 0.29) is 11.4 Å². The van der Waals surface area contributed by atoms with E-state index in [2.05, 4.69) is 39.5 Å². The Labute approximate surface area is 223 Å². The van der Waals surface area contributed by atoms with E-state index < -0.39 is 30.2 Å². The van der Waals surface area contributed by atoms with Crippen molar-refractivity contribution >= 4 is 51.3 Å². The first-order chi connectivity index (χ1) is 19.0. The number of rotatable bonds is 6. The zero-order valence-electron chi connectivity index (χ0n) is 20.7. The number of anilines is 1. The topological polar surface area (TPSA) is 83.4 Å². The number of nitrogens with zero attached hydrogens (tertiary/aromatic N) is 2. The third-order valence-electron chi connectivity index (χ3n) is 6.75. The third-order valence-corrected chi connectivity index (χ3v) is 6.75. The zero-order valence-corrected chi connectivity index (χ0v) is 20.7. The summed E-state index contributed by atoms with van der Waals surface area (Å²) in [5.74, 6) is -1.92. The maximum Gasteiger partial charge on any atom is 0.329 e. The zero-order chi connectivity index (χ0) is 26.9. The highest BCUT2D eigenvalue weighted by Gasteiger charge is 2.35. The van der Waals surface area contributed by atoms with Crippen LogP contribution in [-0.4, -0.2) is 33.9 Å². The summed E-state index contributed by atoms with van der Waals surface area (Å²) in [6, 6.07) is 27.2. The average molecular weight is 519 g/mol. The molecule has 8 heteroatoms. The maximum absolute atomic E-state index is 13.9. The molecule has 0 aliphatic carbocycles. The number of imide groups is 1. The molecule has 39 heavy (non-hydrogen) atoms. The van der Waals surface area contributed by atoms with Crippen LogP contribution in [0.25, 0.3) is 27.8 Å². The van der Waals surface area contributed by atoms with Gasteiger partial charge in [-0.1, -0.05) is 72.8 Å². The van der Waals surface area contributed by atoms with Crippen molar-refractivity contribution in [2.75, 3.05) is 11.9 Å². The number of benzene rings is 4. The van der Waals surface area contributed by atoms with Gasteiger partial charge in [0.05, 0.1) is 5.69 Å². The van der Waals surface area contributed by atoms with Crippen molar-refractivity contribution in [1.29, 1.82) is 0 Å². The Balaban J connectivity index is 1.27. The molecule has 7 nitrogen and oxygen atoms in total. The van der Waals surface area contributed by atoms with Gasteiger partial charge in [0, 0.05) is 29.2 Å². The molecule has 0 radical (unpaired) electrons. The van der Waals surface area contributed by atoms with E-state index in [0.29, 0.717) is 6.54 Å². The molecule has 1 aliphatic rings. The molecule has 192 valence electrons. The summed E-state index contributed by atoms with van der Waals surface area (Å²) >= 11 is 0. The third kappa shape index (κ3) is 4.64. The van der Waals surface area contributed by atoms with Crippen LogP contribution in [0.5, 0.6) is 0 Å². The minimum atomic E-state index is -0.713. The van der Waals surface area contributed by atoms with Gasteiger partial charge >= 0.3 is 6.03 Å². The lowest BCUT2D eigenvalue weighted by molar-refractivity contribution is -0.127. The van der Waals surface area contributed by atoms with Gasteiger partial charge in [0.2, 0.25) is 5.91 Å². The summed E-state index contributed by atoms with van der Waals surface area (Å²) in [4.78, 5) is 38.9. The standard InChI is InChI=1S/C31H23FN4O3/c32-25-13-4-5-14-26(25)33-29(37)19-36-30(38)27(34-31(36)39)16-22-18-35(28-15-6-3-12-24(22)28)17-21-10-7-9-20-8-1-2-11-23(20)21/h1-16,18H,17,19H2,(H,33,37)(H,34,39)/b27-16+. The van der Waals surface area contributed by atoms with E-state index in [1.165, 1.54) is 23.6 Å². The molecule has 5 aromatic rings. The van der Waals surface area contributed by atoms with Crippen LogP contribution in [0, 0.1) is 5.82 Å². The second-order valence-electron chi connectivity index (χ2n) is 9.28. The van der Waals surface area contributed by atoms with Crippen molar-refractivity contribution in [3.8, 4) is 0 Å². The average Bonchev–Trinajstić information content (AvgIpc) is 3.42. The fourth-order valence-corrected chi connectivity index (χ4v) is 4.90. The summed E-state index contributed by atoms with van der Waals surface area (Å²) < 4.78 is 16.0. The van der Waals surface area contributed by atoms with Crippen LogP contribution < -0.4 is 10.6 Å². The van der Waals surface area contributed by atoms with Crippen LogP contribution in [0.1, 0.15) is 11.1 Å². The van der Waals surface area contributed by atoms with Gasteiger partial charge in [0.25, 0.3) is 5.91 Å². The van der Waals surface area contributed by atoms with Gasteiger partial charge in [0.1, 0.15) is 18.1 Å². The number of halogens is 1. The van der Waals surface area contributed by atoms with Crippen molar-refractivity contribution < 1.29 is 18.8 Å². The summed E-state index contributed by atoms with van der Waals surface area (Å²) in [5, 5.41) is 8.21. The number of amides is 4. The predicted molar refractivity (Wildman–Crippen MR) is 148 cm³/mol. The van der Waals surface area contributed by atoms with E-state index in [1.54, 1.807) is 12.1 Å². The Morgan fingerprint density at radius 1 is 0.872 bits per heavy atom. The number of carbonyl (C=O) groups is 3. The molecule has 6 rings (SSSR count). The monoisotopic (exact) mass is 518 g/mol. The van der Waals surface area contributed by atoms with Gasteiger partial charge < -0.3 is 15.2 Å². The first-order valence-corrected chi connectivity index (χ1v) is 12.4. The van der Waals surface area contributed by atoms with Crippen LogP contribution in [0.2, 0.25) is 0 Å². The van der Waals surface area contributed by atoms with Gasteiger partial charge in [-0.3, -0.25) is 9.59 Å². The first kappa shape index (κ1) is 24.1. The molecule has 0 spiro atoms. The Morgan fingerprint density at radius 3 is 2.44 bits per heavy atom. The van der Waals surface area contributed by atoms with Gasteiger partial charge in [-0.15, -0.1) is 0 Å². The minimum absolute atomic E-state index is 0.0238. The molecule has 0 unspecified atom stereocenters. The molecule has 1 aromatic heterocycles. The first-order valence-electron chi connectivity index (χ1n) is 12.4. The van der Waals surface area contributed by atoms with Gasteiger partial charge in [-0.25, -0.2) is 14.1 Å². The largest absolute Gasteiger partial charge is 0.342 e. The molecule has 0 bridgehead atoms. The highest BCUT2D eigenvalue weighted by atomic mass is 19.1. The number of nitrogens with one attached hydrogen (secondary N) is 2. The number of urea groups is 1. The number of hydrogen-bond donors (Lipinski definition) is 2. The molecule has 2 N–H and O–H groups in total. The van der Waals surface area contributed by atoms with Crippen LogP contribution in [0.4, 0.5) is 14.9 Å². The van der Waals surface area contributed by atoms with Crippen LogP contribution in [0.15, 0.2) is 103 Å². The van der Waals surface area contributed by atoms with E-state index in [0.717, 1.165) is 32.3 Å². The normalized spacial score (nSPS) is 14.4. The smallest absolute Gasteiger partial charge is 0.329 e. The summed E-state index contributed by atoms with van der Waals surface area (Å²) in [6.07, 6.45) is 3.57. The molecule has 4 aromatic carbocycles. The fourth-order valence-electron chi connectivity index (χ4n) is 4.90. The van der Waals surface area contributed by atoms with Crippen LogP contribution in [-0.2, 0) is 16.1 Å². The Hall–Kier alpha value is -5.24. The number of fused-ring (bicyclic) bond motifs is 2. The molecular weight excluding hydrogens is 495 g/mol. The lowest BCUT2D eigenvalue weighted by atomic mass is 10.0. The molecule has 4 amide bonds. The van der Waals surface area contributed by atoms with Gasteiger partial charge in [-0.05, 0) is 40.6 Å². The summed E-state index contributed by atoms with van der Waals surface area (Å²) in [6.45, 7) is 0.0763. The van der Waals surface area contributed by atoms with E-state index in [9.17, 15) is 18.8 Å². The molecule has 1 fully saturated rings. The lowest BCUT2D eigenvalue weighted by Gasteiger charge is -2.12. The Morgan fingerprint density at radius 2 is 1.59 bits per heavy atom. The highest BCUT2D eigenvalue weighted by molar-refractivity contribution is 6.16. The lowest BCUT2D eigenvalue weighted by Crippen LogP contribution is -2.38. The highest BCUT2D eigenvalue weighted by Crippen LogP contribution is 2.27. The SMILES string of the molecule is O=C(CN1C(=O)N/C(=C/c2cn(Cc3cccc4ccccc34)c3ccccc23)C1=O)Nc1ccccc1F. The van der Waals surface area contributed by atoms with Crippen molar-refractivity contribution in [3.63, 3.8) is 0 Å². The number of aromatic nitrogens is 1. The van der Waals surface area contributed by atoms with E-state index in [4.69, 9.17) is 0 Å². The fraction of sp³-hybridized carbons (Fsp3) is 0.0645.